The first kappa shape index (κ1) is 21.9. The Morgan fingerprint density at radius 2 is 1.53 bits per heavy atom. The average Bonchev–Trinajstić information content (AvgIpc) is 2.70. The standard InChI is InChI=1S/C26H32O4/c1-16(14-17-8-10-18(11-9-17)24(27)28)19-15-20(29-6)21-22(23(19)30-7)26(4,5)13-12-25(21,2)3/h8-11,14-15H,12-13H2,1-7H3,(H,27,28)/b16-14+. The van der Waals surface area contributed by atoms with Crippen LogP contribution in [0.15, 0.2) is 30.3 Å². The molecule has 0 saturated heterocycles. The first-order valence-electron chi connectivity index (χ1n) is 10.3. The topological polar surface area (TPSA) is 55.8 Å². The van der Waals surface area contributed by atoms with Crippen molar-refractivity contribution >= 4 is 17.6 Å². The van der Waals surface area contributed by atoms with Gasteiger partial charge in [-0.25, -0.2) is 4.79 Å². The third-order valence-corrected chi connectivity index (χ3v) is 6.36. The molecule has 0 fully saturated rings. The number of carbonyl (C=O) groups is 1. The first-order valence-corrected chi connectivity index (χ1v) is 10.3. The number of ether oxygens (including phenoxy) is 2. The van der Waals surface area contributed by atoms with E-state index < -0.39 is 5.97 Å². The van der Waals surface area contributed by atoms with Crippen LogP contribution in [0.4, 0.5) is 0 Å². The van der Waals surface area contributed by atoms with E-state index in [0.717, 1.165) is 41.0 Å². The minimum atomic E-state index is -0.923. The molecule has 0 radical (unpaired) electrons. The second kappa shape index (κ2) is 7.82. The van der Waals surface area contributed by atoms with Crippen molar-refractivity contribution < 1.29 is 19.4 Å². The predicted molar refractivity (Wildman–Crippen MR) is 122 cm³/mol. The van der Waals surface area contributed by atoms with E-state index in [4.69, 9.17) is 14.6 Å². The van der Waals surface area contributed by atoms with Crippen LogP contribution >= 0.6 is 0 Å². The molecule has 3 rings (SSSR count). The van der Waals surface area contributed by atoms with Crippen LogP contribution in [0.5, 0.6) is 11.5 Å². The minimum absolute atomic E-state index is 0.00624. The van der Waals surface area contributed by atoms with E-state index in [1.807, 2.05) is 12.1 Å². The van der Waals surface area contributed by atoms with Crippen molar-refractivity contribution in [2.24, 2.45) is 0 Å². The van der Waals surface area contributed by atoms with E-state index in [2.05, 4.69) is 46.8 Å². The van der Waals surface area contributed by atoms with Gasteiger partial charge in [0.1, 0.15) is 11.5 Å². The maximum atomic E-state index is 11.1. The van der Waals surface area contributed by atoms with Crippen LogP contribution in [0, 0.1) is 0 Å². The summed E-state index contributed by atoms with van der Waals surface area (Å²) >= 11 is 0. The number of rotatable bonds is 5. The predicted octanol–water partition coefficient (Wildman–Crippen LogP) is 6.31. The van der Waals surface area contributed by atoms with E-state index >= 15 is 0 Å². The summed E-state index contributed by atoms with van der Waals surface area (Å²) in [5, 5.41) is 9.12. The van der Waals surface area contributed by atoms with Gasteiger partial charge in [0, 0.05) is 16.7 Å². The smallest absolute Gasteiger partial charge is 0.335 e. The Balaban J connectivity index is 2.21. The Hall–Kier alpha value is -2.75. The minimum Gasteiger partial charge on any atom is -0.496 e. The number of allylic oxidation sites excluding steroid dienone is 1. The molecule has 0 heterocycles. The third kappa shape index (κ3) is 3.83. The van der Waals surface area contributed by atoms with E-state index in [9.17, 15) is 4.79 Å². The van der Waals surface area contributed by atoms with Crippen molar-refractivity contribution in [1.29, 1.82) is 0 Å². The van der Waals surface area contributed by atoms with Crippen LogP contribution in [-0.4, -0.2) is 25.3 Å². The summed E-state index contributed by atoms with van der Waals surface area (Å²) < 4.78 is 11.9. The molecule has 1 aliphatic carbocycles. The molecule has 0 amide bonds. The van der Waals surface area contributed by atoms with Gasteiger partial charge in [0.05, 0.1) is 19.8 Å². The summed E-state index contributed by atoms with van der Waals surface area (Å²) in [7, 11) is 3.46. The molecular weight excluding hydrogens is 376 g/mol. The lowest BCUT2D eigenvalue weighted by molar-refractivity contribution is 0.0697. The van der Waals surface area contributed by atoms with E-state index in [0.29, 0.717) is 0 Å². The average molecular weight is 409 g/mol. The van der Waals surface area contributed by atoms with Crippen molar-refractivity contribution in [3.63, 3.8) is 0 Å². The highest BCUT2D eigenvalue weighted by atomic mass is 16.5. The number of fused-ring (bicyclic) bond motifs is 1. The zero-order valence-electron chi connectivity index (χ0n) is 19.1. The van der Waals surface area contributed by atoms with E-state index in [-0.39, 0.29) is 16.4 Å². The third-order valence-electron chi connectivity index (χ3n) is 6.36. The summed E-state index contributed by atoms with van der Waals surface area (Å²) in [6.07, 6.45) is 4.22. The molecule has 0 saturated carbocycles. The van der Waals surface area contributed by atoms with Crippen LogP contribution in [0.2, 0.25) is 0 Å². The van der Waals surface area contributed by atoms with Crippen molar-refractivity contribution in [3.05, 3.63) is 58.1 Å². The molecule has 0 aromatic heterocycles. The molecular formula is C26H32O4. The Morgan fingerprint density at radius 3 is 2.03 bits per heavy atom. The lowest BCUT2D eigenvalue weighted by Gasteiger charge is -2.43. The van der Waals surface area contributed by atoms with Crippen molar-refractivity contribution in [3.8, 4) is 11.5 Å². The maximum Gasteiger partial charge on any atom is 0.335 e. The summed E-state index contributed by atoms with van der Waals surface area (Å²) in [6, 6.07) is 8.97. The summed E-state index contributed by atoms with van der Waals surface area (Å²) in [5.74, 6) is 0.875. The second-order valence-electron chi connectivity index (χ2n) is 9.43. The van der Waals surface area contributed by atoms with Crippen LogP contribution in [0.1, 0.15) is 80.1 Å². The molecule has 2 aromatic carbocycles. The van der Waals surface area contributed by atoms with E-state index in [1.54, 1.807) is 26.4 Å². The number of hydrogen-bond acceptors (Lipinski definition) is 3. The fraction of sp³-hybridized carbons (Fsp3) is 0.423. The molecule has 2 aromatic rings. The zero-order valence-corrected chi connectivity index (χ0v) is 19.1. The second-order valence-corrected chi connectivity index (χ2v) is 9.43. The maximum absolute atomic E-state index is 11.1. The largest absolute Gasteiger partial charge is 0.496 e. The van der Waals surface area contributed by atoms with Gasteiger partial charge in [-0.3, -0.25) is 0 Å². The number of hydrogen-bond donors (Lipinski definition) is 1. The number of carboxylic acids is 1. The zero-order chi connectivity index (χ0) is 22.3. The molecule has 1 aliphatic rings. The molecule has 4 nitrogen and oxygen atoms in total. The Morgan fingerprint density at radius 1 is 0.967 bits per heavy atom. The molecule has 0 spiro atoms. The highest BCUT2D eigenvalue weighted by Crippen LogP contribution is 2.54. The molecule has 1 N–H and O–H groups in total. The van der Waals surface area contributed by atoms with E-state index in [1.165, 1.54) is 11.1 Å². The van der Waals surface area contributed by atoms with Crippen LogP contribution in [-0.2, 0) is 10.8 Å². The Bertz CT molecular complexity index is 995. The van der Waals surface area contributed by atoms with Crippen LogP contribution in [0.25, 0.3) is 11.6 Å². The molecule has 30 heavy (non-hydrogen) atoms. The number of benzene rings is 2. The fourth-order valence-electron chi connectivity index (χ4n) is 4.55. The van der Waals surface area contributed by atoms with Gasteiger partial charge in [-0.15, -0.1) is 0 Å². The number of aromatic carboxylic acids is 1. The molecule has 0 atom stereocenters. The lowest BCUT2D eigenvalue weighted by Crippen LogP contribution is -2.35. The van der Waals surface area contributed by atoms with Crippen LogP contribution in [0.3, 0.4) is 0 Å². The lowest BCUT2D eigenvalue weighted by atomic mass is 9.62. The first-order chi connectivity index (χ1) is 14.0. The molecule has 4 heteroatoms. The summed E-state index contributed by atoms with van der Waals surface area (Å²) in [6.45, 7) is 11.1. The van der Waals surface area contributed by atoms with Gasteiger partial charge >= 0.3 is 5.97 Å². The number of methoxy groups -OCH3 is 2. The normalized spacial score (nSPS) is 17.2. The molecule has 160 valence electrons. The van der Waals surface area contributed by atoms with Gasteiger partial charge in [0.25, 0.3) is 0 Å². The van der Waals surface area contributed by atoms with Gasteiger partial charge in [-0.1, -0.05) is 45.9 Å². The summed E-state index contributed by atoms with van der Waals surface area (Å²) in [4.78, 5) is 11.1. The monoisotopic (exact) mass is 408 g/mol. The molecule has 0 aliphatic heterocycles. The number of carboxylic acid groups (broad SMARTS) is 1. The summed E-state index contributed by atoms with van der Waals surface area (Å²) in [5.41, 5.74) is 5.70. The van der Waals surface area contributed by atoms with Gasteiger partial charge < -0.3 is 14.6 Å². The molecule has 0 bridgehead atoms. The van der Waals surface area contributed by atoms with Gasteiger partial charge in [0.2, 0.25) is 0 Å². The van der Waals surface area contributed by atoms with Gasteiger partial charge in [-0.05, 0) is 59.9 Å². The van der Waals surface area contributed by atoms with Crippen molar-refractivity contribution in [1.82, 2.24) is 0 Å². The van der Waals surface area contributed by atoms with Crippen molar-refractivity contribution in [2.75, 3.05) is 14.2 Å². The highest BCUT2D eigenvalue weighted by Gasteiger charge is 2.42. The highest BCUT2D eigenvalue weighted by molar-refractivity contribution is 5.89. The molecule has 0 unspecified atom stereocenters. The van der Waals surface area contributed by atoms with Gasteiger partial charge in [0.15, 0.2) is 0 Å². The van der Waals surface area contributed by atoms with Gasteiger partial charge in [-0.2, -0.15) is 0 Å². The fourth-order valence-corrected chi connectivity index (χ4v) is 4.55. The quantitative estimate of drug-likeness (QED) is 0.589. The van der Waals surface area contributed by atoms with Crippen molar-refractivity contribution in [2.45, 2.75) is 58.3 Å². The van der Waals surface area contributed by atoms with Crippen LogP contribution < -0.4 is 9.47 Å². The Kier molecular flexibility index (Phi) is 5.72. The SMILES string of the molecule is COc1cc(/C(C)=C/c2ccc(C(=O)O)cc2)c(OC)c2c1C(C)(C)CCC2(C)C. The Labute approximate surface area is 179 Å².